The molecule has 0 N–H and O–H groups in total. The minimum Gasteiger partial charge on any atom is -0.352 e. The highest BCUT2D eigenvalue weighted by Crippen LogP contribution is 2.30. The molecule has 0 atom stereocenters. The number of benzene rings is 2. The van der Waals surface area contributed by atoms with Gasteiger partial charge in [0.25, 0.3) is 5.91 Å². The number of piperazine rings is 1. The number of hydrogen-bond donors (Lipinski definition) is 0. The second-order valence-corrected chi connectivity index (χ2v) is 8.88. The Kier molecular flexibility index (Phi) is 6.44. The third kappa shape index (κ3) is 4.60. The summed E-state index contributed by atoms with van der Waals surface area (Å²) in [6.45, 7) is 6.60. The van der Waals surface area contributed by atoms with Crippen LogP contribution in [0, 0.1) is 12.7 Å². The number of aromatic nitrogens is 4. The van der Waals surface area contributed by atoms with E-state index in [4.69, 9.17) is 15.1 Å². The lowest BCUT2D eigenvalue weighted by Gasteiger charge is -2.35. The van der Waals surface area contributed by atoms with Crippen LogP contribution in [0.4, 0.5) is 10.2 Å². The Bertz CT molecular complexity index is 1330. The van der Waals surface area contributed by atoms with E-state index in [9.17, 15) is 9.18 Å². The average Bonchev–Trinajstić information content (AvgIpc) is 3.24. The van der Waals surface area contributed by atoms with Gasteiger partial charge in [0.15, 0.2) is 5.65 Å². The first-order valence-electron chi connectivity index (χ1n) is 12.2. The molecule has 1 saturated heterocycles. The van der Waals surface area contributed by atoms with Gasteiger partial charge in [-0.3, -0.25) is 4.79 Å². The SMILES string of the molecule is CCCCc1nc(N2CCN(C(=O)c3ccc(F)cc3)CC2)c2c(C)nn(-c3ccccc3)c2n1. The molecule has 1 aliphatic heterocycles. The molecule has 1 amide bonds. The first-order chi connectivity index (χ1) is 17.0. The van der Waals surface area contributed by atoms with E-state index in [0.29, 0.717) is 31.7 Å². The van der Waals surface area contributed by atoms with E-state index in [2.05, 4.69) is 11.8 Å². The Morgan fingerprint density at radius 2 is 1.69 bits per heavy atom. The second kappa shape index (κ2) is 9.82. The molecule has 35 heavy (non-hydrogen) atoms. The predicted octanol–water partition coefficient (Wildman–Crippen LogP) is 4.57. The van der Waals surface area contributed by atoms with Crippen LogP contribution in [-0.2, 0) is 6.42 Å². The highest BCUT2D eigenvalue weighted by molar-refractivity contribution is 5.95. The van der Waals surface area contributed by atoms with Gasteiger partial charge in [0, 0.05) is 38.2 Å². The van der Waals surface area contributed by atoms with Crippen molar-refractivity contribution in [2.75, 3.05) is 31.1 Å². The Labute approximate surface area is 204 Å². The van der Waals surface area contributed by atoms with Crippen molar-refractivity contribution in [3.05, 3.63) is 77.5 Å². The molecule has 8 heteroatoms. The number of aryl methyl sites for hydroxylation is 2. The molecule has 1 fully saturated rings. The number of unbranched alkanes of at least 4 members (excludes halogenated alkanes) is 1. The van der Waals surface area contributed by atoms with Crippen LogP contribution in [0.3, 0.4) is 0 Å². The minimum absolute atomic E-state index is 0.0748. The fourth-order valence-electron chi connectivity index (χ4n) is 4.53. The van der Waals surface area contributed by atoms with E-state index in [1.165, 1.54) is 12.1 Å². The number of hydrogen-bond acceptors (Lipinski definition) is 5. The quantitative estimate of drug-likeness (QED) is 0.411. The fourth-order valence-corrected chi connectivity index (χ4v) is 4.53. The highest BCUT2D eigenvalue weighted by Gasteiger charge is 2.27. The number of amides is 1. The molecule has 4 aromatic rings. The molecule has 2 aromatic heterocycles. The average molecular weight is 473 g/mol. The number of carbonyl (C=O) groups is 1. The smallest absolute Gasteiger partial charge is 0.253 e. The molecule has 0 radical (unpaired) electrons. The van der Waals surface area contributed by atoms with Crippen molar-refractivity contribution in [2.45, 2.75) is 33.1 Å². The Hall–Kier alpha value is -3.81. The summed E-state index contributed by atoms with van der Waals surface area (Å²) < 4.78 is 15.2. The summed E-state index contributed by atoms with van der Waals surface area (Å²) in [6, 6.07) is 15.8. The van der Waals surface area contributed by atoms with Crippen LogP contribution in [0.15, 0.2) is 54.6 Å². The van der Waals surface area contributed by atoms with Gasteiger partial charge in [-0.2, -0.15) is 5.10 Å². The Balaban J connectivity index is 1.46. The second-order valence-electron chi connectivity index (χ2n) is 8.88. The first kappa shape index (κ1) is 23.0. The van der Waals surface area contributed by atoms with Gasteiger partial charge >= 0.3 is 0 Å². The largest absolute Gasteiger partial charge is 0.352 e. The maximum Gasteiger partial charge on any atom is 0.253 e. The molecule has 0 aliphatic carbocycles. The molecule has 0 spiro atoms. The maximum atomic E-state index is 13.3. The van der Waals surface area contributed by atoms with E-state index < -0.39 is 0 Å². The van der Waals surface area contributed by atoms with Gasteiger partial charge in [0.05, 0.1) is 16.8 Å². The number of carbonyl (C=O) groups excluding carboxylic acids is 1. The van der Waals surface area contributed by atoms with Crippen LogP contribution < -0.4 is 4.90 Å². The van der Waals surface area contributed by atoms with Gasteiger partial charge in [0.1, 0.15) is 17.5 Å². The highest BCUT2D eigenvalue weighted by atomic mass is 19.1. The van der Waals surface area contributed by atoms with E-state index in [1.54, 1.807) is 12.1 Å². The van der Waals surface area contributed by atoms with Crippen LogP contribution in [-0.4, -0.2) is 56.7 Å². The van der Waals surface area contributed by atoms with Gasteiger partial charge in [0.2, 0.25) is 0 Å². The lowest BCUT2D eigenvalue weighted by Crippen LogP contribution is -2.49. The zero-order valence-electron chi connectivity index (χ0n) is 20.1. The van der Waals surface area contributed by atoms with Crippen molar-refractivity contribution in [1.29, 1.82) is 0 Å². The zero-order chi connectivity index (χ0) is 24.4. The monoisotopic (exact) mass is 472 g/mol. The summed E-state index contributed by atoms with van der Waals surface area (Å²) in [5, 5.41) is 5.77. The molecule has 0 unspecified atom stereocenters. The van der Waals surface area contributed by atoms with Crippen LogP contribution in [0.25, 0.3) is 16.7 Å². The topological polar surface area (TPSA) is 67.2 Å². The zero-order valence-corrected chi connectivity index (χ0v) is 20.1. The summed E-state index contributed by atoms with van der Waals surface area (Å²) >= 11 is 0. The summed E-state index contributed by atoms with van der Waals surface area (Å²) in [6.07, 6.45) is 2.89. The van der Waals surface area contributed by atoms with Gasteiger partial charge in [-0.15, -0.1) is 0 Å². The molecular weight excluding hydrogens is 443 g/mol. The van der Waals surface area contributed by atoms with Gasteiger partial charge in [-0.05, 0) is 49.7 Å². The Morgan fingerprint density at radius 1 is 0.971 bits per heavy atom. The van der Waals surface area contributed by atoms with Crippen molar-refractivity contribution in [3.63, 3.8) is 0 Å². The van der Waals surface area contributed by atoms with E-state index >= 15 is 0 Å². The number of anilines is 1. The van der Waals surface area contributed by atoms with Crippen molar-refractivity contribution < 1.29 is 9.18 Å². The summed E-state index contributed by atoms with van der Waals surface area (Å²) in [4.78, 5) is 26.9. The van der Waals surface area contributed by atoms with Crippen LogP contribution in [0.1, 0.15) is 41.6 Å². The van der Waals surface area contributed by atoms with E-state index in [-0.39, 0.29) is 11.7 Å². The van der Waals surface area contributed by atoms with Crippen molar-refractivity contribution >= 4 is 22.8 Å². The summed E-state index contributed by atoms with van der Waals surface area (Å²) in [7, 11) is 0. The lowest BCUT2D eigenvalue weighted by molar-refractivity contribution is 0.0746. The molecular formula is C27H29FN6O. The van der Waals surface area contributed by atoms with Crippen LogP contribution >= 0.6 is 0 Å². The number of rotatable bonds is 6. The standard InChI is InChI=1S/C27H29FN6O/c1-3-4-10-23-29-25(24-19(2)31-34(26(24)30-23)22-8-6-5-7-9-22)32-15-17-33(18-16-32)27(35)20-11-13-21(28)14-12-20/h5-9,11-14H,3-4,10,15-18H2,1-2H3. The fraction of sp³-hybridized carbons (Fsp3) is 0.333. The molecule has 0 saturated carbocycles. The third-order valence-corrected chi connectivity index (χ3v) is 6.44. The Morgan fingerprint density at radius 3 is 2.37 bits per heavy atom. The molecule has 2 aromatic carbocycles. The molecule has 1 aliphatic rings. The lowest BCUT2D eigenvalue weighted by atomic mass is 10.1. The van der Waals surface area contributed by atoms with E-state index in [0.717, 1.165) is 53.3 Å². The minimum atomic E-state index is -0.343. The number of fused-ring (bicyclic) bond motifs is 1. The van der Waals surface area contributed by atoms with Gasteiger partial charge in [-0.1, -0.05) is 31.5 Å². The summed E-state index contributed by atoms with van der Waals surface area (Å²) in [5.41, 5.74) is 3.16. The maximum absolute atomic E-state index is 13.3. The van der Waals surface area contributed by atoms with Crippen molar-refractivity contribution in [3.8, 4) is 5.69 Å². The number of para-hydroxylation sites is 1. The third-order valence-electron chi connectivity index (χ3n) is 6.44. The molecule has 7 nitrogen and oxygen atoms in total. The normalized spacial score (nSPS) is 14.0. The summed E-state index contributed by atoms with van der Waals surface area (Å²) in [5.74, 6) is 1.28. The van der Waals surface area contributed by atoms with Crippen molar-refractivity contribution in [2.24, 2.45) is 0 Å². The molecule has 180 valence electrons. The molecule has 3 heterocycles. The predicted molar refractivity (Wildman–Crippen MR) is 135 cm³/mol. The van der Waals surface area contributed by atoms with Crippen LogP contribution in [0.2, 0.25) is 0 Å². The van der Waals surface area contributed by atoms with Crippen molar-refractivity contribution in [1.82, 2.24) is 24.6 Å². The number of nitrogens with zero attached hydrogens (tertiary/aromatic N) is 6. The number of halogens is 1. The van der Waals surface area contributed by atoms with E-state index in [1.807, 2.05) is 46.8 Å². The van der Waals surface area contributed by atoms with Gasteiger partial charge < -0.3 is 9.80 Å². The first-order valence-corrected chi connectivity index (χ1v) is 12.2. The van der Waals surface area contributed by atoms with Crippen LogP contribution in [0.5, 0.6) is 0 Å². The molecule has 5 rings (SSSR count). The molecule has 0 bridgehead atoms. The van der Waals surface area contributed by atoms with Gasteiger partial charge in [-0.25, -0.2) is 19.0 Å².